The van der Waals surface area contributed by atoms with Gasteiger partial charge in [-0.1, -0.05) is 36.4 Å². The van der Waals surface area contributed by atoms with E-state index in [4.69, 9.17) is 4.74 Å². The molecule has 1 N–H and O–H groups in total. The van der Waals surface area contributed by atoms with Gasteiger partial charge >= 0.3 is 5.97 Å². The van der Waals surface area contributed by atoms with Gasteiger partial charge in [-0.2, -0.15) is 4.98 Å². The zero-order valence-electron chi connectivity index (χ0n) is 15.4. The molecule has 0 fully saturated rings. The summed E-state index contributed by atoms with van der Waals surface area (Å²) in [7, 11) is 1.36. The first-order chi connectivity index (χ1) is 13.2. The highest BCUT2D eigenvalue weighted by Gasteiger charge is 2.10. The topological polar surface area (TPSA) is 67.4 Å². The summed E-state index contributed by atoms with van der Waals surface area (Å²) in [5.41, 5.74) is 2.41. The van der Waals surface area contributed by atoms with E-state index in [0.717, 1.165) is 24.6 Å². The minimum Gasteiger partial charge on any atom is -0.465 e. The van der Waals surface area contributed by atoms with Gasteiger partial charge < -0.3 is 15.0 Å². The Hall–Kier alpha value is -3.41. The Balaban J connectivity index is 1.78. The van der Waals surface area contributed by atoms with Crippen molar-refractivity contribution in [1.29, 1.82) is 0 Å². The summed E-state index contributed by atoms with van der Waals surface area (Å²) < 4.78 is 4.76. The summed E-state index contributed by atoms with van der Waals surface area (Å²) in [6.45, 7) is 3.69. The number of anilines is 3. The summed E-state index contributed by atoms with van der Waals surface area (Å²) in [6, 6.07) is 19.2. The molecule has 0 saturated heterocycles. The third kappa shape index (κ3) is 4.82. The van der Waals surface area contributed by atoms with Gasteiger partial charge in [-0.25, -0.2) is 9.78 Å². The van der Waals surface area contributed by atoms with Gasteiger partial charge in [0.25, 0.3) is 0 Å². The summed E-state index contributed by atoms with van der Waals surface area (Å²) in [5.74, 6) is 0.928. The molecule has 0 radical (unpaired) electrons. The van der Waals surface area contributed by atoms with Gasteiger partial charge in [-0.3, -0.25) is 0 Å². The lowest BCUT2D eigenvalue weighted by atomic mass is 10.2. The fraction of sp³-hybridized carbons (Fsp3) is 0.190. The van der Waals surface area contributed by atoms with E-state index in [1.54, 1.807) is 24.4 Å². The number of ether oxygens (including phenoxy) is 1. The fourth-order valence-corrected chi connectivity index (χ4v) is 2.71. The van der Waals surface area contributed by atoms with E-state index in [1.165, 1.54) is 12.7 Å². The van der Waals surface area contributed by atoms with E-state index in [9.17, 15) is 4.79 Å². The van der Waals surface area contributed by atoms with Crippen LogP contribution in [0.1, 0.15) is 22.8 Å². The van der Waals surface area contributed by atoms with Crippen LogP contribution in [0.4, 0.5) is 17.5 Å². The van der Waals surface area contributed by atoms with E-state index < -0.39 is 0 Å². The molecule has 2 aromatic carbocycles. The van der Waals surface area contributed by atoms with Crippen molar-refractivity contribution >= 4 is 23.4 Å². The number of benzene rings is 2. The van der Waals surface area contributed by atoms with Crippen LogP contribution in [0.3, 0.4) is 0 Å². The fourth-order valence-electron chi connectivity index (χ4n) is 2.71. The molecule has 0 saturated carbocycles. The number of carbonyl (C=O) groups excluding carboxylic acids is 1. The third-order valence-corrected chi connectivity index (χ3v) is 4.10. The molecular formula is C21H22N4O2. The van der Waals surface area contributed by atoms with Crippen molar-refractivity contribution in [1.82, 2.24) is 9.97 Å². The molecule has 6 nitrogen and oxygen atoms in total. The smallest absolute Gasteiger partial charge is 0.337 e. The van der Waals surface area contributed by atoms with E-state index in [1.807, 2.05) is 30.3 Å². The minimum atomic E-state index is -0.381. The predicted octanol–water partition coefficient (Wildman–Crippen LogP) is 4.03. The number of hydrogen-bond donors (Lipinski definition) is 1. The average Bonchev–Trinajstić information content (AvgIpc) is 2.72. The van der Waals surface area contributed by atoms with Crippen molar-refractivity contribution < 1.29 is 9.53 Å². The molecule has 3 aromatic rings. The summed E-state index contributed by atoms with van der Waals surface area (Å²) in [6.07, 6.45) is 1.72. The molecule has 1 heterocycles. The van der Waals surface area contributed by atoms with E-state index in [-0.39, 0.29) is 5.97 Å². The van der Waals surface area contributed by atoms with Gasteiger partial charge in [0, 0.05) is 25.0 Å². The zero-order valence-corrected chi connectivity index (χ0v) is 15.4. The maximum Gasteiger partial charge on any atom is 0.337 e. The Bertz CT molecular complexity index is 899. The normalized spacial score (nSPS) is 10.3. The first kappa shape index (κ1) is 18.4. The van der Waals surface area contributed by atoms with Crippen LogP contribution in [0.25, 0.3) is 0 Å². The van der Waals surface area contributed by atoms with Crippen LogP contribution in [0.5, 0.6) is 0 Å². The number of carbonyl (C=O) groups is 1. The predicted molar refractivity (Wildman–Crippen MR) is 106 cm³/mol. The van der Waals surface area contributed by atoms with E-state index >= 15 is 0 Å². The van der Waals surface area contributed by atoms with Gasteiger partial charge in [-0.05, 0) is 36.8 Å². The van der Waals surface area contributed by atoms with Crippen LogP contribution in [-0.2, 0) is 11.3 Å². The van der Waals surface area contributed by atoms with E-state index in [2.05, 4.69) is 39.2 Å². The van der Waals surface area contributed by atoms with Crippen LogP contribution >= 0.6 is 0 Å². The maximum atomic E-state index is 11.7. The molecule has 0 aliphatic rings. The van der Waals surface area contributed by atoms with Gasteiger partial charge in [0.05, 0.1) is 12.7 Å². The molecule has 0 atom stereocenters. The first-order valence-electron chi connectivity index (χ1n) is 8.77. The zero-order chi connectivity index (χ0) is 19.1. The number of methoxy groups -OCH3 is 1. The second-order valence-corrected chi connectivity index (χ2v) is 5.94. The van der Waals surface area contributed by atoms with Crippen molar-refractivity contribution in [3.63, 3.8) is 0 Å². The van der Waals surface area contributed by atoms with Gasteiger partial charge in [-0.15, -0.1) is 0 Å². The van der Waals surface area contributed by atoms with Crippen molar-refractivity contribution in [3.8, 4) is 0 Å². The number of nitrogens with one attached hydrogen (secondary N) is 1. The van der Waals surface area contributed by atoms with Crippen molar-refractivity contribution in [2.75, 3.05) is 23.9 Å². The van der Waals surface area contributed by atoms with E-state index in [0.29, 0.717) is 11.5 Å². The quantitative estimate of drug-likeness (QED) is 0.640. The van der Waals surface area contributed by atoms with Crippen molar-refractivity contribution in [2.24, 2.45) is 0 Å². The molecule has 3 rings (SSSR count). The summed E-state index contributed by atoms with van der Waals surface area (Å²) >= 11 is 0. The summed E-state index contributed by atoms with van der Waals surface area (Å²) in [4.78, 5) is 22.8. The average molecular weight is 362 g/mol. The second kappa shape index (κ2) is 8.80. The van der Waals surface area contributed by atoms with Crippen molar-refractivity contribution in [2.45, 2.75) is 13.5 Å². The Morgan fingerprint density at radius 2 is 1.93 bits per heavy atom. The van der Waals surface area contributed by atoms with Gasteiger partial charge in [0.2, 0.25) is 5.95 Å². The molecule has 6 heteroatoms. The molecule has 0 bridgehead atoms. The van der Waals surface area contributed by atoms with Gasteiger partial charge in [0.1, 0.15) is 5.82 Å². The van der Waals surface area contributed by atoms with Gasteiger partial charge in [0.15, 0.2) is 0 Å². The molecule has 0 aliphatic heterocycles. The second-order valence-electron chi connectivity index (χ2n) is 5.94. The summed E-state index contributed by atoms with van der Waals surface area (Å²) in [5, 5.41) is 3.15. The Labute approximate surface area is 158 Å². The lowest BCUT2D eigenvalue weighted by Crippen LogP contribution is -2.23. The molecule has 138 valence electrons. The van der Waals surface area contributed by atoms with Crippen LogP contribution < -0.4 is 10.2 Å². The molecule has 27 heavy (non-hydrogen) atoms. The molecule has 0 unspecified atom stereocenters. The largest absolute Gasteiger partial charge is 0.465 e. The number of hydrogen-bond acceptors (Lipinski definition) is 6. The molecule has 0 spiro atoms. The maximum absolute atomic E-state index is 11.7. The van der Waals surface area contributed by atoms with Crippen LogP contribution in [0.15, 0.2) is 66.9 Å². The molecule has 0 amide bonds. The first-order valence-corrected chi connectivity index (χ1v) is 8.77. The number of aromatic nitrogens is 2. The number of nitrogens with zero attached hydrogens (tertiary/aromatic N) is 3. The van der Waals surface area contributed by atoms with Crippen molar-refractivity contribution in [3.05, 3.63) is 78.0 Å². The lowest BCUT2D eigenvalue weighted by molar-refractivity contribution is 0.0601. The number of esters is 1. The highest BCUT2D eigenvalue weighted by atomic mass is 16.5. The highest BCUT2D eigenvalue weighted by Crippen LogP contribution is 2.19. The van der Waals surface area contributed by atoms with Crippen LogP contribution in [0.2, 0.25) is 0 Å². The van der Waals surface area contributed by atoms with Crippen LogP contribution in [-0.4, -0.2) is 29.6 Å². The molecule has 1 aromatic heterocycles. The minimum absolute atomic E-state index is 0.381. The Morgan fingerprint density at radius 1 is 1.11 bits per heavy atom. The monoisotopic (exact) mass is 362 g/mol. The highest BCUT2D eigenvalue weighted by molar-refractivity contribution is 5.90. The third-order valence-electron chi connectivity index (χ3n) is 4.10. The SMILES string of the molecule is CCN(Cc1ccccc1)c1ccnc(Nc2cccc(C(=O)OC)c2)n1. The standard InChI is InChI=1S/C21H22N4O2/c1-3-25(15-16-8-5-4-6-9-16)19-12-13-22-21(24-19)23-18-11-7-10-17(14-18)20(26)27-2/h4-14H,3,15H2,1-2H3,(H,22,23,24). The van der Waals surface area contributed by atoms with Crippen LogP contribution in [0, 0.1) is 0 Å². The Morgan fingerprint density at radius 3 is 2.67 bits per heavy atom. The molecular weight excluding hydrogens is 340 g/mol. The Kier molecular flexibility index (Phi) is 5.99. The lowest BCUT2D eigenvalue weighted by Gasteiger charge is -2.22. The number of rotatable bonds is 7. The molecule has 0 aliphatic carbocycles.